The zero-order chi connectivity index (χ0) is 15.4. The summed E-state index contributed by atoms with van der Waals surface area (Å²) < 4.78 is 10.2. The van der Waals surface area contributed by atoms with Crippen molar-refractivity contribution in [2.45, 2.75) is 38.8 Å². The van der Waals surface area contributed by atoms with Gasteiger partial charge >= 0.3 is 6.09 Å². The maximum atomic E-state index is 11.8. The number of methoxy groups -OCH3 is 1. The maximum absolute atomic E-state index is 11.8. The molecule has 5 heteroatoms. The summed E-state index contributed by atoms with van der Waals surface area (Å²) in [5.74, 6) is 0.680. The van der Waals surface area contributed by atoms with Crippen molar-refractivity contribution in [3.63, 3.8) is 0 Å². The molecule has 1 N–H and O–H groups in total. The molecule has 1 rings (SSSR count). The molecule has 0 saturated heterocycles. The second-order valence-electron chi connectivity index (χ2n) is 5.68. The SMILES string of the molecule is COc1ccc(C(C)(C=O)NC(=O)OC(C)(C)C)cc1. The van der Waals surface area contributed by atoms with E-state index in [9.17, 15) is 9.59 Å². The van der Waals surface area contributed by atoms with Crippen LogP contribution in [0.15, 0.2) is 24.3 Å². The van der Waals surface area contributed by atoms with Gasteiger partial charge in [0.1, 0.15) is 23.2 Å². The number of amides is 1. The van der Waals surface area contributed by atoms with E-state index in [-0.39, 0.29) is 0 Å². The first kappa shape index (κ1) is 16.0. The van der Waals surface area contributed by atoms with E-state index in [0.717, 1.165) is 0 Å². The van der Waals surface area contributed by atoms with E-state index in [1.807, 2.05) is 0 Å². The van der Waals surface area contributed by atoms with Gasteiger partial charge in [-0.1, -0.05) is 12.1 Å². The Morgan fingerprint density at radius 3 is 2.10 bits per heavy atom. The zero-order valence-electron chi connectivity index (χ0n) is 12.5. The molecule has 1 aromatic carbocycles. The predicted octanol–water partition coefficient (Wildman–Crippen LogP) is 2.63. The molecule has 5 nitrogen and oxygen atoms in total. The number of benzene rings is 1. The first-order valence-corrected chi connectivity index (χ1v) is 6.32. The minimum Gasteiger partial charge on any atom is -0.497 e. The first-order chi connectivity index (χ1) is 9.20. The molecule has 0 bridgehead atoms. The second kappa shape index (κ2) is 5.94. The molecule has 0 aliphatic carbocycles. The van der Waals surface area contributed by atoms with Crippen molar-refractivity contribution >= 4 is 12.4 Å². The van der Waals surface area contributed by atoms with Gasteiger partial charge in [-0.05, 0) is 45.4 Å². The van der Waals surface area contributed by atoms with Crippen LogP contribution in [0, 0.1) is 0 Å². The molecule has 0 radical (unpaired) electrons. The molecule has 0 aromatic heterocycles. The van der Waals surface area contributed by atoms with Crippen molar-refractivity contribution in [2.75, 3.05) is 7.11 Å². The largest absolute Gasteiger partial charge is 0.497 e. The molecule has 1 amide bonds. The van der Waals surface area contributed by atoms with Gasteiger partial charge in [0.2, 0.25) is 0 Å². The van der Waals surface area contributed by atoms with E-state index in [0.29, 0.717) is 17.6 Å². The van der Waals surface area contributed by atoms with Crippen LogP contribution >= 0.6 is 0 Å². The fraction of sp³-hybridized carbons (Fsp3) is 0.467. The summed E-state index contributed by atoms with van der Waals surface area (Å²) in [6.07, 6.45) is 0.0431. The molecule has 0 heterocycles. The Kier molecular flexibility index (Phi) is 4.76. The van der Waals surface area contributed by atoms with Gasteiger partial charge < -0.3 is 19.6 Å². The highest BCUT2D eigenvalue weighted by molar-refractivity contribution is 5.77. The number of ether oxygens (including phenoxy) is 2. The van der Waals surface area contributed by atoms with Crippen molar-refractivity contribution in [3.8, 4) is 5.75 Å². The summed E-state index contributed by atoms with van der Waals surface area (Å²) in [7, 11) is 1.56. The van der Waals surface area contributed by atoms with Gasteiger partial charge in [-0.3, -0.25) is 0 Å². The summed E-state index contributed by atoms with van der Waals surface area (Å²) in [5, 5.41) is 2.58. The molecule has 20 heavy (non-hydrogen) atoms. The van der Waals surface area contributed by atoms with Gasteiger partial charge in [-0.15, -0.1) is 0 Å². The number of nitrogens with one attached hydrogen (secondary N) is 1. The monoisotopic (exact) mass is 279 g/mol. The number of aldehydes is 1. The highest BCUT2D eigenvalue weighted by atomic mass is 16.6. The predicted molar refractivity (Wildman–Crippen MR) is 75.8 cm³/mol. The summed E-state index contributed by atoms with van der Waals surface area (Å²) in [5.41, 5.74) is -1.11. The van der Waals surface area contributed by atoms with Crippen LogP contribution in [0.4, 0.5) is 4.79 Å². The van der Waals surface area contributed by atoms with Crippen LogP contribution in [0.3, 0.4) is 0 Å². The zero-order valence-corrected chi connectivity index (χ0v) is 12.5. The average molecular weight is 279 g/mol. The minimum absolute atomic E-state index is 0.617. The molecule has 0 saturated carbocycles. The molecular formula is C15H21NO4. The molecule has 1 unspecified atom stereocenters. The molecule has 0 fully saturated rings. The summed E-state index contributed by atoms with van der Waals surface area (Å²) in [6.45, 7) is 6.90. The van der Waals surface area contributed by atoms with Crippen LogP contribution in [0.5, 0.6) is 5.75 Å². The fourth-order valence-corrected chi connectivity index (χ4v) is 1.62. The molecule has 1 atom stereocenters. The van der Waals surface area contributed by atoms with Gasteiger partial charge in [0.05, 0.1) is 7.11 Å². The highest BCUT2D eigenvalue weighted by Crippen LogP contribution is 2.22. The Balaban J connectivity index is 2.90. The van der Waals surface area contributed by atoms with Crippen molar-refractivity contribution < 1.29 is 19.1 Å². The normalized spacial score (nSPS) is 14.1. The van der Waals surface area contributed by atoms with E-state index >= 15 is 0 Å². The third kappa shape index (κ3) is 4.26. The van der Waals surface area contributed by atoms with Crippen LogP contribution < -0.4 is 10.1 Å². The summed E-state index contributed by atoms with van der Waals surface area (Å²) in [6, 6.07) is 6.91. The lowest BCUT2D eigenvalue weighted by molar-refractivity contribution is -0.113. The highest BCUT2D eigenvalue weighted by Gasteiger charge is 2.30. The molecule has 0 aliphatic rings. The first-order valence-electron chi connectivity index (χ1n) is 6.32. The van der Waals surface area contributed by atoms with Crippen molar-refractivity contribution in [1.29, 1.82) is 0 Å². The minimum atomic E-state index is -1.14. The number of carbonyl (C=O) groups is 2. The van der Waals surface area contributed by atoms with E-state index < -0.39 is 17.2 Å². The number of rotatable bonds is 4. The Bertz CT molecular complexity index is 476. The van der Waals surface area contributed by atoms with Crippen LogP contribution in [0.2, 0.25) is 0 Å². The van der Waals surface area contributed by atoms with Gasteiger partial charge in [-0.25, -0.2) is 4.79 Å². The fourth-order valence-electron chi connectivity index (χ4n) is 1.62. The molecular weight excluding hydrogens is 258 g/mol. The van der Waals surface area contributed by atoms with E-state index in [4.69, 9.17) is 9.47 Å². The van der Waals surface area contributed by atoms with Crippen molar-refractivity contribution in [3.05, 3.63) is 29.8 Å². The van der Waals surface area contributed by atoms with Gasteiger partial charge in [0.25, 0.3) is 0 Å². The maximum Gasteiger partial charge on any atom is 0.408 e. The van der Waals surface area contributed by atoms with E-state index in [2.05, 4.69) is 5.32 Å². The third-order valence-electron chi connectivity index (χ3n) is 2.69. The van der Waals surface area contributed by atoms with Crippen LogP contribution in [-0.4, -0.2) is 25.1 Å². The number of hydrogen-bond acceptors (Lipinski definition) is 4. The third-order valence-corrected chi connectivity index (χ3v) is 2.69. The molecule has 1 aromatic rings. The molecule has 0 spiro atoms. The van der Waals surface area contributed by atoms with Crippen molar-refractivity contribution in [1.82, 2.24) is 5.32 Å². The lowest BCUT2D eigenvalue weighted by Crippen LogP contribution is -2.46. The quantitative estimate of drug-likeness (QED) is 0.860. The van der Waals surface area contributed by atoms with E-state index in [1.54, 1.807) is 59.1 Å². The average Bonchev–Trinajstić information content (AvgIpc) is 2.36. The van der Waals surface area contributed by atoms with Gasteiger partial charge in [-0.2, -0.15) is 0 Å². The number of alkyl carbamates (subject to hydrolysis) is 1. The summed E-state index contributed by atoms with van der Waals surface area (Å²) >= 11 is 0. The molecule has 0 aliphatic heterocycles. The Hall–Kier alpha value is -2.04. The number of hydrogen-bond donors (Lipinski definition) is 1. The van der Waals surface area contributed by atoms with Crippen LogP contribution in [0.25, 0.3) is 0 Å². The number of carbonyl (C=O) groups excluding carboxylic acids is 2. The van der Waals surface area contributed by atoms with Crippen LogP contribution in [-0.2, 0) is 15.1 Å². The smallest absolute Gasteiger partial charge is 0.408 e. The summed E-state index contributed by atoms with van der Waals surface area (Å²) in [4.78, 5) is 23.2. The Labute approximate surface area is 119 Å². The van der Waals surface area contributed by atoms with Gasteiger partial charge in [0.15, 0.2) is 0 Å². The Morgan fingerprint density at radius 1 is 1.15 bits per heavy atom. The Morgan fingerprint density at radius 2 is 1.70 bits per heavy atom. The van der Waals surface area contributed by atoms with E-state index in [1.165, 1.54) is 0 Å². The van der Waals surface area contributed by atoms with Crippen LogP contribution in [0.1, 0.15) is 33.3 Å². The molecule has 110 valence electrons. The van der Waals surface area contributed by atoms with Crippen molar-refractivity contribution in [2.24, 2.45) is 0 Å². The lowest BCUT2D eigenvalue weighted by atomic mass is 9.94. The standard InChI is InChI=1S/C15H21NO4/c1-14(2,3)20-13(18)16-15(4,10-17)11-6-8-12(19-5)9-7-11/h6-10H,1-5H3,(H,16,18). The topological polar surface area (TPSA) is 64.6 Å². The second-order valence-corrected chi connectivity index (χ2v) is 5.68. The van der Waals surface area contributed by atoms with Gasteiger partial charge in [0, 0.05) is 0 Å². The lowest BCUT2D eigenvalue weighted by Gasteiger charge is -2.28.